The molecule has 1 aliphatic carbocycles. The number of methoxy groups -OCH3 is 1. The van der Waals surface area contributed by atoms with E-state index < -0.39 is 7.14 Å². The Bertz CT molecular complexity index is 1280. The number of hydrogen-bond acceptors (Lipinski definition) is 10. The first-order valence-electron chi connectivity index (χ1n) is 13.5. The highest BCUT2D eigenvalue weighted by molar-refractivity contribution is 7.63. The molecule has 1 saturated heterocycles. The quantitative estimate of drug-likeness (QED) is 0.245. The van der Waals surface area contributed by atoms with Crippen LogP contribution < -0.4 is 26.0 Å². The van der Waals surface area contributed by atoms with Gasteiger partial charge in [0.05, 0.1) is 32.3 Å². The molecule has 2 fully saturated rings. The lowest BCUT2D eigenvalue weighted by atomic mass is 10.1. The summed E-state index contributed by atoms with van der Waals surface area (Å²) < 4.78 is 22.3. The Hall–Kier alpha value is -2.81. The minimum atomic E-state index is -1.65. The van der Waals surface area contributed by atoms with Crippen molar-refractivity contribution < 1.29 is 13.7 Å². The molecular formula is C27H39ClN7O3P. The second-order valence-electron chi connectivity index (χ2n) is 10.1. The maximum Gasteiger partial charge on any atom is 0.301 e. The van der Waals surface area contributed by atoms with E-state index >= 15 is 0 Å². The first-order chi connectivity index (χ1) is 18.7. The number of halogens is 1. The van der Waals surface area contributed by atoms with Crippen LogP contribution in [-0.4, -0.2) is 60.2 Å². The second kappa shape index (κ2) is 13.0. The number of nitrogens with zero attached hydrogens (tertiary/aromatic N) is 4. The molecule has 3 heterocycles. The molecule has 212 valence electrons. The van der Waals surface area contributed by atoms with Crippen molar-refractivity contribution >= 4 is 47.9 Å². The van der Waals surface area contributed by atoms with E-state index in [2.05, 4.69) is 36.6 Å². The maximum absolute atomic E-state index is 11.0. The van der Waals surface area contributed by atoms with E-state index in [4.69, 9.17) is 26.5 Å². The van der Waals surface area contributed by atoms with Crippen LogP contribution in [0, 0.1) is 0 Å². The summed E-state index contributed by atoms with van der Waals surface area (Å²) in [5.41, 5.74) is 7.89. The van der Waals surface area contributed by atoms with Gasteiger partial charge < -0.3 is 29.7 Å². The SMILES string of the molecule is CCP(C)(=O)CC.COc1cc(N2CCC(N)CC2)ccc1Nc1nc(Nc2ncc(C3CC3)o2)ncc1Cl. The van der Waals surface area contributed by atoms with Crippen molar-refractivity contribution in [2.75, 3.05) is 54.7 Å². The molecule has 0 bridgehead atoms. The van der Waals surface area contributed by atoms with Crippen LogP contribution >= 0.6 is 18.7 Å². The molecule has 5 rings (SSSR count). The number of hydrogen-bond donors (Lipinski definition) is 3. The highest BCUT2D eigenvalue weighted by Crippen LogP contribution is 2.41. The van der Waals surface area contributed by atoms with Crippen LogP contribution in [0.15, 0.2) is 35.0 Å². The maximum atomic E-state index is 11.0. The topological polar surface area (TPSA) is 131 Å². The number of nitrogens with one attached hydrogen (secondary N) is 2. The molecule has 0 amide bonds. The number of aromatic nitrogens is 3. The Labute approximate surface area is 235 Å². The number of benzene rings is 1. The van der Waals surface area contributed by atoms with Gasteiger partial charge in [-0.25, -0.2) is 9.97 Å². The molecule has 3 aromatic rings. The van der Waals surface area contributed by atoms with Gasteiger partial charge in [-0.2, -0.15) is 4.98 Å². The third-order valence-corrected chi connectivity index (χ3v) is 10.1. The van der Waals surface area contributed by atoms with E-state index in [1.807, 2.05) is 32.6 Å². The number of oxazole rings is 1. The summed E-state index contributed by atoms with van der Waals surface area (Å²) >= 11 is 6.35. The Morgan fingerprint density at radius 1 is 1.13 bits per heavy atom. The lowest BCUT2D eigenvalue weighted by Gasteiger charge is -2.32. The first-order valence-corrected chi connectivity index (χ1v) is 16.4. The highest BCUT2D eigenvalue weighted by Gasteiger charge is 2.27. The zero-order valence-corrected chi connectivity index (χ0v) is 24.8. The fourth-order valence-corrected chi connectivity index (χ4v) is 4.59. The Morgan fingerprint density at radius 2 is 1.85 bits per heavy atom. The molecule has 0 unspecified atom stereocenters. The Balaban J connectivity index is 0.000000448. The van der Waals surface area contributed by atoms with E-state index in [9.17, 15) is 4.57 Å². The van der Waals surface area contributed by atoms with Gasteiger partial charge in [0.1, 0.15) is 16.5 Å². The van der Waals surface area contributed by atoms with Gasteiger partial charge in [0.15, 0.2) is 5.82 Å². The average Bonchev–Trinajstić information content (AvgIpc) is 3.70. The smallest absolute Gasteiger partial charge is 0.301 e. The van der Waals surface area contributed by atoms with E-state index in [1.165, 1.54) is 6.20 Å². The van der Waals surface area contributed by atoms with Crippen molar-refractivity contribution in [1.82, 2.24) is 15.0 Å². The van der Waals surface area contributed by atoms with Gasteiger partial charge in [-0.15, -0.1) is 0 Å². The molecule has 12 heteroatoms. The fraction of sp³-hybridized carbons (Fsp3) is 0.519. The average molecular weight is 576 g/mol. The summed E-state index contributed by atoms with van der Waals surface area (Å²) in [6, 6.07) is 6.68. The third kappa shape index (κ3) is 8.10. The van der Waals surface area contributed by atoms with Crippen LogP contribution in [0.25, 0.3) is 0 Å². The number of anilines is 5. The lowest BCUT2D eigenvalue weighted by molar-refractivity contribution is 0.416. The van der Waals surface area contributed by atoms with Gasteiger partial charge in [0.2, 0.25) is 5.95 Å². The molecule has 1 aromatic carbocycles. The van der Waals surface area contributed by atoms with Crippen molar-refractivity contribution in [2.45, 2.75) is 51.5 Å². The fourth-order valence-electron chi connectivity index (χ4n) is 4.00. The molecule has 0 atom stereocenters. The van der Waals surface area contributed by atoms with Crippen molar-refractivity contribution in [2.24, 2.45) is 5.73 Å². The first kappa shape index (κ1) is 29.2. The molecule has 2 aromatic heterocycles. The van der Waals surface area contributed by atoms with E-state index in [0.29, 0.717) is 34.5 Å². The predicted octanol–water partition coefficient (Wildman–Crippen LogP) is 6.44. The molecule has 1 saturated carbocycles. The molecule has 0 spiro atoms. The molecule has 10 nitrogen and oxygen atoms in total. The van der Waals surface area contributed by atoms with E-state index in [-0.39, 0.29) is 6.04 Å². The number of ether oxygens (including phenoxy) is 1. The highest BCUT2D eigenvalue weighted by atomic mass is 35.5. The van der Waals surface area contributed by atoms with Crippen molar-refractivity contribution in [1.29, 1.82) is 0 Å². The van der Waals surface area contributed by atoms with Crippen LogP contribution in [0.4, 0.5) is 29.2 Å². The van der Waals surface area contributed by atoms with E-state index in [0.717, 1.165) is 68.2 Å². The van der Waals surface area contributed by atoms with Crippen LogP contribution in [0.1, 0.15) is 51.2 Å². The summed E-state index contributed by atoms with van der Waals surface area (Å²) in [5, 5.41) is 6.64. The Kier molecular flexibility index (Phi) is 9.75. The molecule has 1 aliphatic heterocycles. The van der Waals surface area contributed by atoms with Gasteiger partial charge in [0, 0.05) is 36.8 Å². The zero-order chi connectivity index (χ0) is 28.0. The Morgan fingerprint density at radius 3 is 2.46 bits per heavy atom. The molecule has 0 radical (unpaired) electrons. The summed E-state index contributed by atoms with van der Waals surface area (Å²) in [6.07, 6.45) is 9.24. The van der Waals surface area contributed by atoms with Crippen molar-refractivity contribution in [3.8, 4) is 5.75 Å². The van der Waals surface area contributed by atoms with Crippen molar-refractivity contribution in [3.63, 3.8) is 0 Å². The molecule has 2 aliphatic rings. The van der Waals surface area contributed by atoms with Crippen LogP contribution in [0.2, 0.25) is 5.02 Å². The summed E-state index contributed by atoms with van der Waals surface area (Å²) in [6.45, 7) is 7.68. The standard InChI is InChI=1S/C22H26ClN7O2.C5H13OP/c1-31-18-10-15(30-8-6-14(24)7-9-30)4-5-17(18)27-20-16(23)11-25-21(28-20)29-22-26-12-19(32-22)13-2-3-13;1-4-7(3,6)5-2/h4-5,10-14H,2-3,6-9,24H2,1H3,(H2,25,26,27,28,29);4-5H2,1-3H3. The minimum absolute atomic E-state index is 0.286. The predicted molar refractivity (Wildman–Crippen MR) is 159 cm³/mol. The minimum Gasteiger partial charge on any atom is -0.494 e. The van der Waals surface area contributed by atoms with Gasteiger partial charge >= 0.3 is 6.01 Å². The van der Waals surface area contributed by atoms with Gasteiger partial charge in [0.25, 0.3) is 0 Å². The summed E-state index contributed by atoms with van der Waals surface area (Å²) in [7, 11) is -0.0105. The number of nitrogens with two attached hydrogens (primary N) is 1. The summed E-state index contributed by atoms with van der Waals surface area (Å²) in [5.74, 6) is 2.86. The monoisotopic (exact) mass is 575 g/mol. The van der Waals surface area contributed by atoms with Gasteiger partial charge in [-0.05, 0) is 56.8 Å². The van der Waals surface area contributed by atoms with Crippen LogP contribution in [-0.2, 0) is 4.57 Å². The summed E-state index contributed by atoms with van der Waals surface area (Å²) in [4.78, 5) is 15.3. The lowest BCUT2D eigenvalue weighted by Crippen LogP contribution is -2.39. The normalized spacial score (nSPS) is 15.9. The molecular weight excluding hydrogens is 537 g/mol. The molecule has 4 N–H and O–H groups in total. The van der Waals surface area contributed by atoms with Gasteiger partial charge in [-0.3, -0.25) is 5.32 Å². The third-order valence-electron chi connectivity index (χ3n) is 7.15. The number of rotatable bonds is 9. The van der Waals surface area contributed by atoms with Crippen LogP contribution in [0.3, 0.4) is 0 Å². The van der Waals surface area contributed by atoms with Crippen molar-refractivity contribution in [3.05, 3.63) is 41.4 Å². The van der Waals surface area contributed by atoms with Gasteiger partial charge in [-0.1, -0.05) is 25.4 Å². The second-order valence-corrected chi connectivity index (χ2v) is 14.4. The molecule has 39 heavy (non-hydrogen) atoms. The van der Waals surface area contributed by atoms with Crippen LogP contribution in [0.5, 0.6) is 5.75 Å². The van der Waals surface area contributed by atoms with E-state index in [1.54, 1.807) is 13.3 Å². The zero-order valence-electron chi connectivity index (χ0n) is 23.1. The number of piperidine rings is 1. The largest absolute Gasteiger partial charge is 0.494 e.